The van der Waals surface area contributed by atoms with Crippen molar-refractivity contribution in [2.45, 2.75) is 152 Å². The van der Waals surface area contributed by atoms with Crippen LogP contribution in [0, 0.1) is 17.3 Å². The van der Waals surface area contributed by atoms with Gasteiger partial charge in [-0.3, -0.25) is 44.3 Å². The van der Waals surface area contributed by atoms with Gasteiger partial charge in [0.05, 0.1) is 85.6 Å². The zero-order valence-corrected chi connectivity index (χ0v) is 48.4. The van der Waals surface area contributed by atoms with E-state index in [0.29, 0.717) is 128 Å². The molecule has 442 valence electrons. The van der Waals surface area contributed by atoms with Crippen molar-refractivity contribution < 1.29 is 46.6 Å². The van der Waals surface area contributed by atoms with E-state index in [4.69, 9.17) is 24.2 Å². The number of amides is 3. The second-order valence-corrected chi connectivity index (χ2v) is 27.0. The van der Waals surface area contributed by atoms with Gasteiger partial charge in [0.25, 0.3) is 5.91 Å². The van der Waals surface area contributed by atoms with Crippen molar-refractivity contribution in [2.24, 2.45) is 17.3 Å². The number of cyclic esters (lactones) is 1. The molecule has 9 aliphatic rings. The van der Waals surface area contributed by atoms with Gasteiger partial charge in [0.15, 0.2) is 0 Å². The van der Waals surface area contributed by atoms with Crippen LogP contribution in [0.15, 0.2) is 35.8 Å². The van der Waals surface area contributed by atoms with Gasteiger partial charge in [0, 0.05) is 91.1 Å². The van der Waals surface area contributed by atoms with Crippen molar-refractivity contribution in [1.82, 2.24) is 50.3 Å². The molecule has 3 amide bonds. The minimum atomic E-state index is -4.59. The van der Waals surface area contributed by atoms with Crippen LogP contribution in [0.25, 0.3) is 33.4 Å². The first-order valence-corrected chi connectivity index (χ1v) is 31.0. The quantitative estimate of drug-likeness (QED) is 0.126. The normalized spacial score (nSPS) is 27.8. The molecule has 0 radical (unpaired) electrons. The van der Waals surface area contributed by atoms with E-state index >= 15 is 22.8 Å². The first-order valence-electron chi connectivity index (χ1n) is 30.1. The molecule has 18 nitrogen and oxygen atoms in total. The maximum absolute atomic E-state index is 15.2. The minimum Gasteiger partial charge on any atom is -0.464 e. The summed E-state index contributed by atoms with van der Waals surface area (Å²) in [4.78, 5) is 77.0. The Morgan fingerprint density at radius 3 is 2.56 bits per heavy atom. The lowest BCUT2D eigenvalue weighted by Crippen LogP contribution is -2.73. The highest BCUT2D eigenvalue weighted by Crippen LogP contribution is 2.46. The maximum atomic E-state index is 15.2. The fourth-order valence-electron chi connectivity index (χ4n) is 14.5. The van der Waals surface area contributed by atoms with Crippen LogP contribution in [0.2, 0.25) is 0 Å². The smallest absolute Gasteiger partial charge is 0.406 e. The van der Waals surface area contributed by atoms with Gasteiger partial charge in [0.2, 0.25) is 11.8 Å². The Balaban J connectivity index is 0.843. The van der Waals surface area contributed by atoms with E-state index in [1.165, 1.54) is 33.8 Å². The summed E-state index contributed by atoms with van der Waals surface area (Å²) in [5, 5.41) is 11.2. The van der Waals surface area contributed by atoms with Gasteiger partial charge in [-0.2, -0.15) is 13.2 Å². The molecule has 2 aliphatic carbocycles. The van der Waals surface area contributed by atoms with Gasteiger partial charge < -0.3 is 33.9 Å². The number of likely N-dealkylation sites (tertiary alicyclic amines) is 1. The van der Waals surface area contributed by atoms with Gasteiger partial charge in [0.1, 0.15) is 30.3 Å². The molecular formula is C60H78F3N11O7S. The number of morpholine rings is 2. The summed E-state index contributed by atoms with van der Waals surface area (Å²) in [6.07, 6.45) is 4.56. The number of carbonyl (C=O) groups is 4. The zero-order chi connectivity index (χ0) is 56.8. The summed E-state index contributed by atoms with van der Waals surface area (Å²) in [5.74, 6) is -0.549. The van der Waals surface area contributed by atoms with Crippen LogP contribution in [-0.4, -0.2) is 191 Å². The molecule has 7 aliphatic heterocycles. The van der Waals surface area contributed by atoms with Gasteiger partial charge in [-0.05, 0) is 86.5 Å². The van der Waals surface area contributed by atoms with Crippen molar-refractivity contribution in [1.29, 1.82) is 0 Å². The van der Waals surface area contributed by atoms with Crippen molar-refractivity contribution in [3.63, 3.8) is 0 Å². The van der Waals surface area contributed by atoms with E-state index < -0.39 is 53.7 Å². The highest BCUT2D eigenvalue weighted by atomic mass is 32.1. The van der Waals surface area contributed by atoms with Crippen LogP contribution < -0.4 is 21.0 Å². The molecule has 8 fully saturated rings. The number of aromatic nitrogens is 3. The van der Waals surface area contributed by atoms with Gasteiger partial charge in [-0.25, -0.2) is 10.4 Å². The number of esters is 1. The minimum absolute atomic E-state index is 0.0524. The average Bonchev–Trinajstić information content (AvgIpc) is 4.47. The molecule has 3 N–H and O–H groups in total. The van der Waals surface area contributed by atoms with E-state index in [2.05, 4.69) is 30.8 Å². The third-order valence-electron chi connectivity index (χ3n) is 18.9. The molecule has 4 aromatic rings. The van der Waals surface area contributed by atoms with E-state index in [1.54, 1.807) is 6.07 Å². The molecule has 6 atom stereocenters. The maximum Gasteiger partial charge on any atom is 0.406 e. The van der Waals surface area contributed by atoms with Crippen LogP contribution in [-0.2, 0) is 52.8 Å². The highest BCUT2D eigenvalue weighted by molar-refractivity contribution is 7.10. The second kappa shape index (κ2) is 22.0. The number of nitrogens with one attached hydrogen (secondary N) is 3. The first kappa shape index (κ1) is 55.9. The van der Waals surface area contributed by atoms with E-state index in [9.17, 15) is 9.59 Å². The molecular weight excluding hydrogens is 1080 g/mol. The fourth-order valence-corrected chi connectivity index (χ4v) is 15.4. The predicted molar refractivity (Wildman–Crippen MR) is 303 cm³/mol. The molecule has 22 heteroatoms. The third kappa shape index (κ3) is 11.3. The Morgan fingerprint density at radius 2 is 1.78 bits per heavy atom. The largest absolute Gasteiger partial charge is 0.464 e. The number of thiazole rings is 1. The number of ether oxygens (including phenoxy) is 3. The molecule has 2 saturated carbocycles. The molecule has 6 saturated heterocycles. The summed E-state index contributed by atoms with van der Waals surface area (Å²) in [6.45, 7) is 13.8. The number of hydrazine groups is 1. The number of hydrogen-bond donors (Lipinski definition) is 3. The second-order valence-electron chi connectivity index (χ2n) is 26.1. The van der Waals surface area contributed by atoms with Gasteiger partial charge >= 0.3 is 12.1 Å². The SMILES string of the molecule is CC(C)c1ncc(N2CCN3CCOC[C@@H]3C2)cc1-c1c2c3cc(ccc3n1CC(F)(F)F)-c1csc(n1)C[C@H](NC(=O)[C@H](C1CCCC1)N1CCOC3(CN(C(=O)[C@@H]4N[C@@H]4C4CC4)C3)C1)C(=O)N1CCC[C@H](N1)C(=O)OCC(C)(C)C2. The summed E-state index contributed by atoms with van der Waals surface area (Å²) in [5.41, 5.74) is 6.74. The summed E-state index contributed by atoms with van der Waals surface area (Å²) in [7, 11) is 0. The number of carbonyl (C=O) groups excluding carboxylic acids is 4. The Bertz CT molecular complexity index is 3100. The summed E-state index contributed by atoms with van der Waals surface area (Å²) in [6, 6.07) is 5.39. The van der Waals surface area contributed by atoms with Crippen molar-refractivity contribution in [2.75, 3.05) is 90.2 Å². The van der Waals surface area contributed by atoms with E-state index in [0.717, 1.165) is 51.0 Å². The van der Waals surface area contributed by atoms with Crippen LogP contribution in [0.1, 0.15) is 101 Å². The number of nitrogens with zero attached hydrogens (tertiary/aromatic N) is 8. The number of rotatable bonds is 10. The van der Waals surface area contributed by atoms with Crippen molar-refractivity contribution >= 4 is 51.6 Å². The van der Waals surface area contributed by atoms with Crippen LogP contribution in [0.3, 0.4) is 0 Å². The summed E-state index contributed by atoms with van der Waals surface area (Å²) >= 11 is 1.36. The molecule has 82 heavy (non-hydrogen) atoms. The van der Waals surface area contributed by atoms with Crippen LogP contribution in [0.5, 0.6) is 0 Å². The number of piperazine rings is 1. The topological polar surface area (TPSA) is 189 Å². The molecule has 13 rings (SSSR count). The van der Waals surface area contributed by atoms with E-state index in [1.807, 2.05) is 62.4 Å². The Morgan fingerprint density at radius 1 is 0.963 bits per heavy atom. The Labute approximate surface area is 481 Å². The molecule has 0 unspecified atom stereocenters. The molecule has 10 heterocycles. The van der Waals surface area contributed by atoms with Gasteiger partial charge in [-0.15, -0.1) is 11.3 Å². The number of hydrogen-bond acceptors (Lipinski definition) is 15. The number of benzene rings is 1. The number of anilines is 1. The first-order chi connectivity index (χ1) is 39.4. The fraction of sp³-hybridized carbons (Fsp3) is 0.667. The monoisotopic (exact) mass is 1150 g/mol. The molecule has 3 aromatic heterocycles. The third-order valence-corrected chi connectivity index (χ3v) is 19.8. The molecule has 1 spiro atoms. The number of alkyl halides is 3. The van der Waals surface area contributed by atoms with Crippen LogP contribution >= 0.6 is 11.3 Å². The Hall–Kier alpha value is -5.23. The number of pyridine rings is 1. The summed E-state index contributed by atoms with van der Waals surface area (Å²) < 4.78 is 65.5. The zero-order valence-electron chi connectivity index (χ0n) is 47.6. The highest BCUT2D eigenvalue weighted by Gasteiger charge is 2.58. The average molecular weight is 1150 g/mol. The lowest BCUT2D eigenvalue weighted by Gasteiger charge is -2.55. The van der Waals surface area contributed by atoms with Crippen molar-refractivity contribution in [3.05, 3.63) is 52.1 Å². The van der Waals surface area contributed by atoms with Crippen molar-refractivity contribution in [3.8, 4) is 22.5 Å². The van der Waals surface area contributed by atoms with E-state index in [-0.39, 0.29) is 61.2 Å². The molecule has 1 aromatic carbocycles. The lowest BCUT2D eigenvalue weighted by atomic mass is 9.84. The molecule has 6 bridgehead atoms. The lowest BCUT2D eigenvalue weighted by molar-refractivity contribution is -0.197. The van der Waals surface area contributed by atoms with Crippen LogP contribution in [0.4, 0.5) is 18.9 Å². The predicted octanol–water partition coefficient (Wildman–Crippen LogP) is 5.90. The number of halogens is 3. The standard InChI is InChI=1S/C60H78F3N11O7S/c1-35(2)49-42(23-39(26-64-49)70-17-16-69-18-20-79-28-40(69)27-70)53-43-25-58(3,4)34-80-57(78)44-10-7-15-74(68-44)55(76)45(24-48-65-46(29-82-48)38-13-14-47(41(43)22-38)73(53)33-60(61,62)63)66-54(75)52(37-8-5-6-9-37)71-19-21-81-59(30-71)31-72(32-59)56(77)51-50(67-51)36-11-12-36/h13-14,22-23,26,29,35-37,40,44-45,50-52,67-68H,5-12,15-21,24-25,27-28,30-34H2,1-4H3,(H,66,75)/t40-,44-,45-,50+,51+,52-/m0/s1. The number of fused-ring (bicyclic) bond motifs is 7. The van der Waals surface area contributed by atoms with Gasteiger partial charge in [-0.1, -0.05) is 46.6 Å². The Kier molecular flexibility index (Phi) is 15.0.